The van der Waals surface area contributed by atoms with Crippen LogP contribution in [-0.2, 0) is 7.05 Å². The van der Waals surface area contributed by atoms with Gasteiger partial charge in [-0.3, -0.25) is 4.79 Å². The molecule has 2 fully saturated rings. The highest BCUT2D eigenvalue weighted by Crippen LogP contribution is 2.32. The van der Waals surface area contributed by atoms with Gasteiger partial charge in [0.15, 0.2) is 11.6 Å². The number of fused-ring (bicyclic) bond motifs is 1. The fourth-order valence-electron chi connectivity index (χ4n) is 5.25. The van der Waals surface area contributed by atoms with Crippen LogP contribution in [0, 0.1) is 35.8 Å². The van der Waals surface area contributed by atoms with Gasteiger partial charge in [-0.25, -0.2) is 13.8 Å². The number of aryl methyl sites for hydroxylation is 2. The molecule has 0 aliphatic heterocycles. The third kappa shape index (κ3) is 5.94. The van der Waals surface area contributed by atoms with Gasteiger partial charge < -0.3 is 14.8 Å². The largest absolute Gasteiger partial charge is 0.384 e. The maximum absolute atomic E-state index is 13.0. The summed E-state index contributed by atoms with van der Waals surface area (Å²) in [6, 6.07) is 8.33. The monoisotopic (exact) mass is 541 g/mol. The van der Waals surface area contributed by atoms with Crippen LogP contribution in [-0.4, -0.2) is 29.2 Å². The number of rotatable bonds is 5. The molecule has 0 radical (unpaired) electrons. The van der Waals surface area contributed by atoms with Gasteiger partial charge in [0, 0.05) is 38.4 Å². The van der Waals surface area contributed by atoms with E-state index >= 15 is 0 Å². The Kier molecular flexibility index (Phi) is 8.88. The summed E-state index contributed by atoms with van der Waals surface area (Å²) in [5, 5.41) is 13.1. The SMILES string of the molecule is CN(c1c(C#N)c(=O)n(C)c2ccc(Cl)nc12)C1CCCCC1.Cc1cc(F)c(F)cc1NCC1CCC1. The number of nitriles is 1. The predicted molar refractivity (Wildman–Crippen MR) is 149 cm³/mol. The van der Waals surface area contributed by atoms with E-state index in [1.807, 2.05) is 7.05 Å². The Balaban J connectivity index is 0.000000194. The number of anilines is 2. The van der Waals surface area contributed by atoms with Gasteiger partial charge in [0.25, 0.3) is 5.56 Å². The molecule has 2 aromatic heterocycles. The molecule has 0 unspecified atom stereocenters. The maximum atomic E-state index is 13.0. The summed E-state index contributed by atoms with van der Waals surface area (Å²) in [6.45, 7) is 2.65. The summed E-state index contributed by atoms with van der Waals surface area (Å²) >= 11 is 6.07. The van der Waals surface area contributed by atoms with Gasteiger partial charge in [0.1, 0.15) is 22.3 Å². The standard InChI is InChI=1S/C17H19ClN4O.C12H15F2N/c1-21(11-6-4-3-5-7-11)16-12(10-19)17(23)22(2)13-8-9-14(18)20-15(13)16;1-8-5-10(13)11(14)6-12(8)15-7-9-3-2-4-9/h8-9,11H,3-7H2,1-2H3;5-6,9,15H,2-4,7H2,1H3. The number of hydrogen-bond acceptors (Lipinski definition) is 5. The minimum Gasteiger partial charge on any atom is -0.384 e. The fraction of sp³-hybridized carbons (Fsp3) is 0.483. The molecule has 0 atom stereocenters. The van der Waals surface area contributed by atoms with E-state index in [9.17, 15) is 18.8 Å². The van der Waals surface area contributed by atoms with Gasteiger partial charge in [0.2, 0.25) is 0 Å². The maximum Gasteiger partial charge on any atom is 0.270 e. The Hall–Kier alpha value is -3.18. The summed E-state index contributed by atoms with van der Waals surface area (Å²) in [7, 11) is 3.61. The van der Waals surface area contributed by atoms with Crippen LogP contribution in [0.25, 0.3) is 11.0 Å². The zero-order valence-corrected chi connectivity index (χ0v) is 22.9. The first kappa shape index (κ1) is 27.8. The number of benzene rings is 1. The Morgan fingerprint density at radius 2 is 1.82 bits per heavy atom. The van der Waals surface area contributed by atoms with E-state index in [4.69, 9.17) is 11.6 Å². The van der Waals surface area contributed by atoms with Crippen molar-refractivity contribution in [3.05, 3.63) is 62.5 Å². The van der Waals surface area contributed by atoms with Crippen molar-refractivity contribution in [1.29, 1.82) is 5.26 Å². The van der Waals surface area contributed by atoms with E-state index in [0.717, 1.165) is 24.9 Å². The number of nitrogens with one attached hydrogen (secondary N) is 1. The molecule has 6 nitrogen and oxygen atoms in total. The number of nitrogens with zero attached hydrogens (tertiary/aromatic N) is 4. The first-order valence-corrected chi connectivity index (χ1v) is 13.6. The van der Waals surface area contributed by atoms with Crippen molar-refractivity contribution in [3.63, 3.8) is 0 Å². The summed E-state index contributed by atoms with van der Waals surface area (Å²) in [5.74, 6) is -0.851. The fourth-order valence-corrected chi connectivity index (χ4v) is 5.40. The zero-order valence-electron chi connectivity index (χ0n) is 22.2. The van der Waals surface area contributed by atoms with E-state index in [-0.39, 0.29) is 11.1 Å². The first-order chi connectivity index (χ1) is 18.2. The van der Waals surface area contributed by atoms with Crippen molar-refractivity contribution in [2.45, 2.75) is 64.3 Å². The predicted octanol–water partition coefficient (Wildman–Crippen LogP) is 6.71. The molecule has 2 aliphatic carbocycles. The van der Waals surface area contributed by atoms with E-state index in [1.54, 1.807) is 26.1 Å². The minimum absolute atomic E-state index is 0.142. The van der Waals surface area contributed by atoms with Gasteiger partial charge in [-0.05, 0) is 62.3 Å². The second-order valence-electron chi connectivity index (χ2n) is 10.4. The number of pyridine rings is 2. The molecule has 202 valence electrons. The minimum atomic E-state index is -0.781. The summed E-state index contributed by atoms with van der Waals surface area (Å²) in [5.41, 5.74) is 3.24. The van der Waals surface area contributed by atoms with E-state index < -0.39 is 11.6 Å². The molecule has 3 aromatic rings. The highest BCUT2D eigenvalue weighted by Gasteiger charge is 2.25. The second-order valence-corrected chi connectivity index (χ2v) is 10.8. The lowest BCUT2D eigenvalue weighted by molar-refractivity contribution is 0.333. The summed E-state index contributed by atoms with van der Waals surface area (Å²) in [6.07, 6.45) is 9.52. The van der Waals surface area contributed by atoms with Crippen molar-refractivity contribution in [1.82, 2.24) is 9.55 Å². The summed E-state index contributed by atoms with van der Waals surface area (Å²) < 4.78 is 27.3. The van der Waals surface area contributed by atoms with Crippen LogP contribution in [0.2, 0.25) is 5.15 Å². The molecule has 2 aliphatic rings. The Bertz CT molecular complexity index is 1410. The topological polar surface area (TPSA) is 74.0 Å². The van der Waals surface area contributed by atoms with Crippen LogP contribution < -0.4 is 15.8 Å². The van der Waals surface area contributed by atoms with Crippen molar-refractivity contribution in [3.8, 4) is 6.07 Å². The highest BCUT2D eigenvalue weighted by atomic mass is 35.5. The van der Waals surface area contributed by atoms with Crippen LogP contribution in [0.15, 0.2) is 29.1 Å². The quantitative estimate of drug-likeness (QED) is 0.363. The van der Waals surface area contributed by atoms with E-state index in [1.165, 1.54) is 55.2 Å². The normalized spacial score (nSPS) is 15.8. The van der Waals surface area contributed by atoms with Gasteiger partial charge in [-0.2, -0.15) is 5.26 Å². The average molecular weight is 542 g/mol. The number of halogens is 3. The van der Waals surface area contributed by atoms with Crippen LogP contribution in [0.5, 0.6) is 0 Å². The molecule has 0 bridgehead atoms. The van der Waals surface area contributed by atoms with Gasteiger partial charge >= 0.3 is 0 Å². The van der Waals surface area contributed by atoms with Crippen molar-refractivity contribution < 1.29 is 8.78 Å². The molecule has 9 heteroatoms. The molecular formula is C29H34ClF2N5O. The molecular weight excluding hydrogens is 508 g/mol. The van der Waals surface area contributed by atoms with Crippen molar-refractivity contribution in [2.24, 2.45) is 13.0 Å². The smallest absolute Gasteiger partial charge is 0.270 e. The first-order valence-electron chi connectivity index (χ1n) is 13.2. The molecule has 38 heavy (non-hydrogen) atoms. The molecule has 2 heterocycles. The molecule has 0 amide bonds. The summed E-state index contributed by atoms with van der Waals surface area (Å²) in [4.78, 5) is 19.0. The highest BCUT2D eigenvalue weighted by molar-refractivity contribution is 6.29. The second kappa shape index (κ2) is 12.1. The lowest BCUT2D eigenvalue weighted by Gasteiger charge is -2.33. The molecule has 0 saturated heterocycles. The third-order valence-corrected chi connectivity index (χ3v) is 8.05. The molecule has 0 spiro atoms. The van der Waals surface area contributed by atoms with E-state index in [2.05, 4.69) is 21.3 Å². The number of hydrogen-bond donors (Lipinski definition) is 1. The lowest BCUT2D eigenvalue weighted by atomic mass is 9.85. The van der Waals surface area contributed by atoms with Crippen LogP contribution in [0.3, 0.4) is 0 Å². The number of aromatic nitrogens is 2. The van der Waals surface area contributed by atoms with Gasteiger partial charge in [-0.1, -0.05) is 37.3 Å². The van der Waals surface area contributed by atoms with Crippen LogP contribution in [0.4, 0.5) is 20.2 Å². The third-order valence-electron chi connectivity index (χ3n) is 7.84. The Morgan fingerprint density at radius 3 is 2.45 bits per heavy atom. The molecule has 2 saturated carbocycles. The van der Waals surface area contributed by atoms with Crippen LogP contribution >= 0.6 is 11.6 Å². The Morgan fingerprint density at radius 1 is 1.13 bits per heavy atom. The van der Waals surface area contributed by atoms with E-state index in [0.29, 0.717) is 39.5 Å². The zero-order chi connectivity index (χ0) is 27.4. The molecule has 1 N–H and O–H groups in total. The van der Waals surface area contributed by atoms with Gasteiger partial charge in [0.05, 0.1) is 11.2 Å². The van der Waals surface area contributed by atoms with Gasteiger partial charge in [-0.15, -0.1) is 0 Å². The molecule has 5 rings (SSSR count). The average Bonchev–Trinajstić information content (AvgIpc) is 2.88. The lowest BCUT2D eigenvalue weighted by Crippen LogP contribution is -2.36. The van der Waals surface area contributed by atoms with Crippen molar-refractivity contribution >= 4 is 34.0 Å². The molecule has 1 aromatic carbocycles. The Labute approximate surface area is 227 Å². The van der Waals surface area contributed by atoms with Crippen LogP contribution in [0.1, 0.15) is 62.5 Å². The van der Waals surface area contributed by atoms with Crippen molar-refractivity contribution in [2.75, 3.05) is 23.8 Å².